The third-order valence-electron chi connectivity index (χ3n) is 2.21. The van der Waals surface area contributed by atoms with E-state index in [9.17, 15) is 9.59 Å². The lowest BCUT2D eigenvalue weighted by atomic mass is 9.99. The van der Waals surface area contributed by atoms with Crippen LogP contribution in [-0.4, -0.2) is 24.0 Å². The van der Waals surface area contributed by atoms with Crippen molar-refractivity contribution in [2.75, 3.05) is 7.11 Å². The van der Waals surface area contributed by atoms with E-state index < -0.39 is 17.7 Å². The highest BCUT2D eigenvalue weighted by Crippen LogP contribution is 2.24. The number of hydrogen-bond donors (Lipinski definition) is 1. The van der Waals surface area contributed by atoms with Gasteiger partial charge < -0.3 is 9.84 Å². The molecule has 86 valence electrons. The summed E-state index contributed by atoms with van der Waals surface area (Å²) in [5, 5.41) is 8.91. The second-order valence-electron chi connectivity index (χ2n) is 3.27. The van der Waals surface area contributed by atoms with Crippen LogP contribution in [0.2, 0.25) is 5.02 Å². The smallest absolute Gasteiger partial charge is 0.314 e. The minimum Gasteiger partial charge on any atom is -0.497 e. The number of Topliss-reactive ketones (excluding diaryl/α,β-unsaturated/α-hetero) is 1. The maximum atomic E-state index is 11.7. The van der Waals surface area contributed by atoms with E-state index in [2.05, 4.69) is 0 Å². The number of ether oxygens (including phenoxy) is 1. The SMILES string of the molecule is COc1ccc(C(=O)C(C)C(=O)O)c(Cl)c1. The first kappa shape index (κ1) is 12.5. The van der Waals surface area contributed by atoms with Crippen LogP contribution in [0.15, 0.2) is 18.2 Å². The van der Waals surface area contributed by atoms with Crippen molar-refractivity contribution in [2.24, 2.45) is 5.92 Å². The molecule has 0 spiro atoms. The minimum atomic E-state index is -1.17. The number of methoxy groups -OCH3 is 1. The molecule has 0 fully saturated rings. The van der Waals surface area contributed by atoms with E-state index >= 15 is 0 Å². The Morgan fingerprint density at radius 3 is 2.50 bits per heavy atom. The molecule has 0 aliphatic rings. The molecule has 4 nitrogen and oxygen atoms in total. The maximum absolute atomic E-state index is 11.7. The van der Waals surface area contributed by atoms with Crippen molar-refractivity contribution in [1.29, 1.82) is 0 Å². The second kappa shape index (κ2) is 4.99. The van der Waals surface area contributed by atoms with E-state index in [1.807, 2.05) is 0 Å². The predicted octanol–water partition coefficient (Wildman–Crippen LogP) is 2.25. The molecule has 0 heterocycles. The Balaban J connectivity index is 3.05. The molecular formula is C11H11ClO4. The highest BCUT2D eigenvalue weighted by molar-refractivity contribution is 6.34. The number of ketones is 1. The summed E-state index contributed by atoms with van der Waals surface area (Å²) in [4.78, 5) is 22.4. The Labute approximate surface area is 97.8 Å². The molecule has 1 aromatic carbocycles. The molecule has 1 aromatic rings. The predicted molar refractivity (Wildman–Crippen MR) is 59.1 cm³/mol. The number of hydrogen-bond acceptors (Lipinski definition) is 3. The van der Waals surface area contributed by atoms with Crippen molar-refractivity contribution < 1.29 is 19.4 Å². The lowest BCUT2D eigenvalue weighted by Crippen LogP contribution is -2.20. The van der Waals surface area contributed by atoms with Crippen LogP contribution in [0.1, 0.15) is 17.3 Å². The number of benzene rings is 1. The van der Waals surface area contributed by atoms with Crippen LogP contribution >= 0.6 is 11.6 Å². The van der Waals surface area contributed by atoms with Gasteiger partial charge in [-0.25, -0.2) is 0 Å². The van der Waals surface area contributed by atoms with Crippen LogP contribution in [0.4, 0.5) is 0 Å². The molecular weight excluding hydrogens is 232 g/mol. The van der Waals surface area contributed by atoms with Gasteiger partial charge in [-0.15, -0.1) is 0 Å². The summed E-state index contributed by atoms with van der Waals surface area (Å²) >= 11 is 5.86. The first-order valence-corrected chi connectivity index (χ1v) is 4.95. The second-order valence-corrected chi connectivity index (χ2v) is 3.68. The summed E-state index contributed by atoms with van der Waals surface area (Å²) in [7, 11) is 1.48. The number of carboxylic acid groups (broad SMARTS) is 1. The molecule has 0 aromatic heterocycles. The van der Waals surface area contributed by atoms with Crippen LogP contribution in [0, 0.1) is 5.92 Å². The van der Waals surface area contributed by atoms with Crippen molar-refractivity contribution >= 4 is 23.4 Å². The van der Waals surface area contributed by atoms with Crippen molar-refractivity contribution in [3.8, 4) is 5.75 Å². The van der Waals surface area contributed by atoms with Gasteiger partial charge in [0.1, 0.15) is 11.7 Å². The van der Waals surface area contributed by atoms with Gasteiger partial charge in [0.15, 0.2) is 5.78 Å². The first-order valence-electron chi connectivity index (χ1n) is 4.58. The summed E-state index contributed by atoms with van der Waals surface area (Å²) in [6.07, 6.45) is 0. The highest BCUT2D eigenvalue weighted by atomic mass is 35.5. The number of aliphatic carboxylic acids is 1. The summed E-state index contributed by atoms with van der Waals surface area (Å²) in [5.41, 5.74) is 0.192. The summed E-state index contributed by atoms with van der Waals surface area (Å²) in [5.74, 6) is -2.27. The molecule has 0 saturated carbocycles. The van der Waals surface area contributed by atoms with Gasteiger partial charge in [-0.05, 0) is 25.1 Å². The lowest BCUT2D eigenvalue weighted by Gasteiger charge is -2.08. The molecule has 0 amide bonds. The van der Waals surface area contributed by atoms with Crippen LogP contribution < -0.4 is 4.74 Å². The average Bonchev–Trinajstić information content (AvgIpc) is 2.26. The maximum Gasteiger partial charge on any atom is 0.314 e. The molecule has 1 rings (SSSR count). The number of rotatable bonds is 4. The van der Waals surface area contributed by atoms with E-state index in [1.54, 1.807) is 6.07 Å². The topological polar surface area (TPSA) is 63.6 Å². The Hall–Kier alpha value is -1.55. The van der Waals surface area contributed by atoms with Gasteiger partial charge in [-0.2, -0.15) is 0 Å². The molecule has 1 N–H and O–H groups in total. The summed E-state index contributed by atoms with van der Waals surface area (Å²) < 4.78 is 4.93. The Bertz CT molecular complexity index is 428. The molecule has 0 saturated heterocycles. The van der Waals surface area contributed by atoms with Gasteiger partial charge in [0.05, 0.1) is 12.1 Å². The Morgan fingerprint density at radius 1 is 1.44 bits per heavy atom. The van der Waals surface area contributed by atoms with Gasteiger partial charge in [0.2, 0.25) is 0 Å². The normalized spacial score (nSPS) is 11.9. The van der Waals surface area contributed by atoms with Crippen LogP contribution in [0.25, 0.3) is 0 Å². The van der Waals surface area contributed by atoms with E-state index in [1.165, 1.54) is 26.2 Å². The van der Waals surface area contributed by atoms with E-state index in [-0.39, 0.29) is 10.6 Å². The third kappa shape index (κ3) is 2.52. The average molecular weight is 243 g/mol. The van der Waals surface area contributed by atoms with Crippen molar-refractivity contribution in [3.05, 3.63) is 28.8 Å². The van der Waals surface area contributed by atoms with Crippen molar-refractivity contribution in [2.45, 2.75) is 6.92 Å². The Morgan fingerprint density at radius 2 is 2.06 bits per heavy atom. The zero-order chi connectivity index (χ0) is 12.3. The number of halogens is 1. The molecule has 0 radical (unpaired) electrons. The summed E-state index contributed by atoms with van der Waals surface area (Å²) in [6.45, 7) is 1.32. The van der Waals surface area contributed by atoms with Crippen LogP contribution in [0.3, 0.4) is 0 Å². The van der Waals surface area contributed by atoms with E-state index in [4.69, 9.17) is 21.4 Å². The van der Waals surface area contributed by atoms with Crippen molar-refractivity contribution in [1.82, 2.24) is 0 Å². The zero-order valence-corrected chi connectivity index (χ0v) is 9.62. The van der Waals surface area contributed by atoms with Crippen LogP contribution in [-0.2, 0) is 4.79 Å². The first-order chi connectivity index (χ1) is 7.47. The monoisotopic (exact) mass is 242 g/mol. The van der Waals surface area contributed by atoms with Gasteiger partial charge in [-0.1, -0.05) is 11.6 Å². The fourth-order valence-electron chi connectivity index (χ4n) is 1.17. The molecule has 1 atom stereocenters. The third-order valence-corrected chi connectivity index (χ3v) is 2.52. The standard InChI is InChI=1S/C11H11ClO4/c1-6(11(14)15)10(13)8-4-3-7(16-2)5-9(8)12/h3-6H,1-2H3,(H,14,15). The molecule has 16 heavy (non-hydrogen) atoms. The zero-order valence-electron chi connectivity index (χ0n) is 8.86. The molecule has 1 unspecified atom stereocenters. The molecule has 0 bridgehead atoms. The fraction of sp³-hybridized carbons (Fsp3) is 0.273. The fourth-order valence-corrected chi connectivity index (χ4v) is 1.43. The van der Waals surface area contributed by atoms with E-state index in [0.717, 1.165) is 0 Å². The molecule has 5 heteroatoms. The van der Waals surface area contributed by atoms with E-state index in [0.29, 0.717) is 5.75 Å². The largest absolute Gasteiger partial charge is 0.497 e. The van der Waals surface area contributed by atoms with Gasteiger partial charge >= 0.3 is 5.97 Å². The highest BCUT2D eigenvalue weighted by Gasteiger charge is 2.23. The van der Waals surface area contributed by atoms with Gasteiger partial charge in [0.25, 0.3) is 0 Å². The molecule has 0 aliphatic heterocycles. The quantitative estimate of drug-likeness (QED) is 0.650. The number of carbonyl (C=O) groups excluding carboxylic acids is 1. The van der Waals surface area contributed by atoms with Crippen LogP contribution in [0.5, 0.6) is 5.75 Å². The van der Waals surface area contributed by atoms with Crippen molar-refractivity contribution in [3.63, 3.8) is 0 Å². The number of carbonyl (C=O) groups is 2. The van der Waals surface area contributed by atoms with Gasteiger partial charge in [-0.3, -0.25) is 9.59 Å². The number of carboxylic acids is 1. The lowest BCUT2D eigenvalue weighted by molar-refractivity contribution is -0.139. The molecule has 0 aliphatic carbocycles. The minimum absolute atomic E-state index is 0.192. The summed E-state index contributed by atoms with van der Waals surface area (Å²) in [6, 6.07) is 4.50. The van der Waals surface area contributed by atoms with Gasteiger partial charge in [0, 0.05) is 5.56 Å². The Kier molecular flexibility index (Phi) is 3.90.